The zero-order valence-electron chi connectivity index (χ0n) is 13.1. The predicted octanol–water partition coefficient (Wildman–Crippen LogP) is 2.71. The molecule has 6 heteroatoms. The van der Waals surface area contributed by atoms with Crippen molar-refractivity contribution in [2.75, 3.05) is 18.6 Å². The van der Waals surface area contributed by atoms with Crippen molar-refractivity contribution in [3.05, 3.63) is 0 Å². The van der Waals surface area contributed by atoms with Crippen molar-refractivity contribution in [1.82, 2.24) is 10.6 Å². The first kappa shape index (κ1) is 18.1. The third-order valence-corrected chi connectivity index (χ3v) is 4.74. The number of carboxylic acids is 1. The standard InChI is InChI=1S/C15H28N2O3S/c1-11-4-3-5-12(10-11)6-8-16-15(20)17-13(14(18)19)7-9-21-2/h11-13H,3-10H2,1-2H3,(H,18,19)(H2,16,17,20). The molecule has 0 saturated heterocycles. The van der Waals surface area contributed by atoms with Crippen LogP contribution in [0.1, 0.15) is 45.4 Å². The number of hydrogen-bond donors (Lipinski definition) is 3. The molecule has 0 aromatic rings. The van der Waals surface area contributed by atoms with Crippen LogP contribution in [0.2, 0.25) is 0 Å². The Bertz CT molecular complexity index is 339. The number of urea groups is 1. The van der Waals surface area contributed by atoms with E-state index in [0.717, 1.165) is 18.1 Å². The quantitative estimate of drug-likeness (QED) is 0.643. The van der Waals surface area contributed by atoms with Crippen LogP contribution in [-0.2, 0) is 4.79 Å². The minimum Gasteiger partial charge on any atom is -0.480 e. The fourth-order valence-electron chi connectivity index (χ4n) is 2.91. The molecule has 0 heterocycles. The fraction of sp³-hybridized carbons (Fsp3) is 0.867. The summed E-state index contributed by atoms with van der Waals surface area (Å²) in [4.78, 5) is 22.8. The Hall–Kier alpha value is -0.910. The highest BCUT2D eigenvalue weighted by Crippen LogP contribution is 2.30. The van der Waals surface area contributed by atoms with Gasteiger partial charge in [-0.05, 0) is 43.1 Å². The average molecular weight is 316 g/mol. The number of amides is 2. The third kappa shape index (κ3) is 7.60. The van der Waals surface area contributed by atoms with Gasteiger partial charge in [-0.2, -0.15) is 11.8 Å². The number of thioether (sulfide) groups is 1. The largest absolute Gasteiger partial charge is 0.480 e. The van der Waals surface area contributed by atoms with Gasteiger partial charge in [-0.15, -0.1) is 0 Å². The number of aliphatic carboxylic acids is 1. The van der Waals surface area contributed by atoms with Gasteiger partial charge < -0.3 is 15.7 Å². The van der Waals surface area contributed by atoms with Crippen molar-refractivity contribution >= 4 is 23.8 Å². The highest BCUT2D eigenvalue weighted by atomic mass is 32.2. The summed E-state index contributed by atoms with van der Waals surface area (Å²) in [7, 11) is 0. The van der Waals surface area contributed by atoms with Gasteiger partial charge in [0.25, 0.3) is 0 Å². The Morgan fingerprint density at radius 3 is 2.76 bits per heavy atom. The van der Waals surface area contributed by atoms with E-state index in [0.29, 0.717) is 18.9 Å². The summed E-state index contributed by atoms with van der Waals surface area (Å²) in [5, 5.41) is 14.4. The summed E-state index contributed by atoms with van der Waals surface area (Å²) in [6, 6.07) is -1.17. The predicted molar refractivity (Wildman–Crippen MR) is 86.7 cm³/mol. The van der Waals surface area contributed by atoms with Crippen LogP contribution in [0.5, 0.6) is 0 Å². The molecule has 3 atom stereocenters. The Kier molecular flexibility index (Phi) is 8.57. The first-order valence-corrected chi connectivity index (χ1v) is 9.18. The molecule has 1 saturated carbocycles. The van der Waals surface area contributed by atoms with Crippen molar-refractivity contribution in [2.24, 2.45) is 11.8 Å². The van der Waals surface area contributed by atoms with Crippen molar-refractivity contribution in [3.8, 4) is 0 Å². The van der Waals surface area contributed by atoms with E-state index in [1.807, 2.05) is 6.26 Å². The van der Waals surface area contributed by atoms with Crippen molar-refractivity contribution in [1.29, 1.82) is 0 Å². The van der Waals surface area contributed by atoms with E-state index < -0.39 is 12.0 Å². The van der Waals surface area contributed by atoms with Crippen LogP contribution < -0.4 is 10.6 Å². The maximum Gasteiger partial charge on any atom is 0.326 e. The second kappa shape index (κ2) is 9.92. The first-order valence-electron chi connectivity index (χ1n) is 7.79. The summed E-state index contributed by atoms with van der Waals surface area (Å²) in [5.41, 5.74) is 0. The van der Waals surface area contributed by atoms with Crippen LogP contribution in [0.3, 0.4) is 0 Å². The molecule has 3 unspecified atom stereocenters. The Balaban J connectivity index is 2.21. The molecular formula is C15H28N2O3S. The molecule has 2 amide bonds. The zero-order chi connectivity index (χ0) is 15.7. The molecule has 0 spiro atoms. The van der Waals surface area contributed by atoms with E-state index in [4.69, 9.17) is 5.11 Å². The fourth-order valence-corrected chi connectivity index (χ4v) is 3.39. The molecule has 1 aliphatic rings. The van der Waals surface area contributed by atoms with Gasteiger partial charge >= 0.3 is 12.0 Å². The van der Waals surface area contributed by atoms with Crippen LogP contribution >= 0.6 is 11.8 Å². The number of nitrogens with one attached hydrogen (secondary N) is 2. The summed E-state index contributed by atoms with van der Waals surface area (Å²) in [6.45, 7) is 2.91. The molecule has 1 fully saturated rings. The minimum absolute atomic E-state index is 0.368. The molecular weight excluding hydrogens is 288 g/mol. The van der Waals surface area contributed by atoms with Gasteiger partial charge in [0.05, 0.1) is 0 Å². The molecule has 21 heavy (non-hydrogen) atoms. The van der Waals surface area contributed by atoms with Crippen molar-refractivity contribution in [2.45, 2.75) is 51.5 Å². The lowest BCUT2D eigenvalue weighted by Gasteiger charge is -2.26. The van der Waals surface area contributed by atoms with Crippen molar-refractivity contribution < 1.29 is 14.7 Å². The Labute approximate surface area is 131 Å². The molecule has 0 aromatic heterocycles. The van der Waals surface area contributed by atoms with Crippen LogP contribution in [0.4, 0.5) is 4.79 Å². The van der Waals surface area contributed by atoms with Crippen LogP contribution in [-0.4, -0.2) is 41.7 Å². The highest BCUT2D eigenvalue weighted by Gasteiger charge is 2.20. The van der Waals surface area contributed by atoms with E-state index in [9.17, 15) is 9.59 Å². The summed E-state index contributed by atoms with van der Waals surface area (Å²) >= 11 is 1.58. The van der Waals surface area contributed by atoms with Gasteiger partial charge in [0.15, 0.2) is 0 Å². The lowest BCUT2D eigenvalue weighted by atomic mass is 9.81. The second-order valence-corrected chi connectivity index (χ2v) is 6.98. The second-order valence-electron chi connectivity index (χ2n) is 6.00. The van der Waals surface area contributed by atoms with Gasteiger partial charge in [-0.1, -0.05) is 26.2 Å². The molecule has 122 valence electrons. The monoisotopic (exact) mass is 316 g/mol. The zero-order valence-corrected chi connectivity index (χ0v) is 13.9. The number of carbonyl (C=O) groups is 2. The van der Waals surface area contributed by atoms with E-state index >= 15 is 0 Å². The van der Waals surface area contributed by atoms with Crippen LogP contribution in [0.25, 0.3) is 0 Å². The molecule has 1 rings (SSSR count). The summed E-state index contributed by atoms with van der Waals surface area (Å²) < 4.78 is 0. The first-order chi connectivity index (χ1) is 10.0. The molecule has 3 N–H and O–H groups in total. The highest BCUT2D eigenvalue weighted by molar-refractivity contribution is 7.98. The Morgan fingerprint density at radius 1 is 1.38 bits per heavy atom. The number of carboxylic acid groups (broad SMARTS) is 1. The van der Waals surface area contributed by atoms with Gasteiger partial charge in [-0.3, -0.25) is 0 Å². The smallest absolute Gasteiger partial charge is 0.326 e. The van der Waals surface area contributed by atoms with E-state index in [2.05, 4.69) is 17.6 Å². The molecule has 5 nitrogen and oxygen atoms in total. The van der Waals surface area contributed by atoms with Gasteiger partial charge in [0.2, 0.25) is 0 Å². The molecule has 1 aliphatic carbocycles. The SMILES string of the molecule is CSCCC(NC(=O)NCCC1CCCC(C)C1)C(=O)O. The third-order valence-electron chi connectivity index (χ3n) is 4.10. The van der Waals surface area contributed by atoms with Crippen molar-refractivity contribution in [3.63, 3.8) is 0 Å². The van der Waals surface area contributed by atoms with Gasteiger partial charge in [0.1, 0.15) is 6.04 Å². The minimum atomic E-state index is -0.972. The summed E-state index contributed by atoms with van der Waals surface area (Å²) in [6.07, 6.45) is 8.45. The average Bonchev–Trinajstić information content (AvgIpc) is 2.43. The number of carbonyl (C=O) groups excluding carboxylic acids is 1. The molecule has 0 radical (unpaired) electrons. The lowest BCUT2D eigenvalue weighted by molar-refractivity contribution is -0.139. The van der Waals surface area contributed by atoms with Crippen LogP contribution in [0, 0.1) is 11.8 Å². The lowest BCUT2D eigenvalue weighted by Crippen LogP contribution is -2.46. The molecule has 0 aliphatic heterocycles. The van der Waals surface area contributed by atoms with E-state index in [-0.39, 0.29) is 6.03 Å². The molecule has 0 bridgehead atoms. The number of rotatable bonds is 8. The van der Waals surface area contributed by atoms with E-state index in [1.165, 1.54) is 25.7 Å². The van der Waals surface area contributed by atoms with E-state index in [1.54, 1.807) is 11.8 Å². The number of hydrogen-bond acceptors (Lipinski definition) is 3. The topological polar surface area (TPSA) is 78.4 Å². The molecule has 0 aromatic carbocycles. The summed E-state index contributed by atoms with van der Waals surface area (Å²) in [5.74, 6) is 1.23. The van der Waals surface area contributed by atoms with Crippen LogP contribution in [0.15, 0.2) is 0 Å². The maximum atomic E-state index is 11.7. The van der Waals surface area contributed by atoms with Gasteiger partial charge in [0, 0.05) is 6.54 Å². The van der Waals surface area contributed by atoms with Gasteiger partial charge in [-0.25, -0.2) is 9.59 Å². The normalized spacial score (nSPS) is 23.3. The maximum absolute atomic E-state index is 11.7. The Morgan fingerprint density at radius 2 is 2.14 bits per heavy atom.